The fourth-order valence-electron chi connectivity index (χ4n) is 1.94. The molecule has 2 nitrogen and oxygen atoms in total. The molecule has 0 aliphatic heterocycles. The molecule has 0 radical (unpaired) electrons. The van der Waals surface area contributed by atoms with E-state index in [0.29, 0.717) is 10.9 Å². The van der Waals surface area contributed by atoms with Gasteiger partial charge in [0.25, 0.3) is 0 Å². The molecular weight excluding hydrogens is 286 g/mol. The fourth-order valence-corrected chi connectivity index (χ4v) is 2.49. The number of pyridine rings is 1. The second-order valence-electron chi connectivity index (χ2n) is 4.66. The summed E-state index contributed by atoms with van der Waals surface area (Å²) in [7, 11) is 0. The van der Waals surface area contributed by atoms with Crippen LogP contribution in [0.5, 0.6) is 0 Å². The van der Waals surface area contributed by atoms with Crippen LogP contribution in [0.2, 0.25) is 10.0 Å². The summed E-state index contributed by atoms with van der Waals surface area (Å²) >= 11 is 11.9. The number of hydrogen-bond acceptors (Lipinski definition) is 2. The van der Waals surface area contributed by atoms with Crippen LogP contribution in [0.15, 0.2) is 12.1 Å². The Morgan fingerprint density at radius 1 is 1.32 bits per heavy atom. The highest BCUT2D eigenvalue weighted by Gasteiger charge is 2.16. The van der Waals surface area contributed by atoms with Gasteiger partial charge in [-0.1, -0.05) is 37.0 Å². The Kier molecular flexibility index (Phi) is 4.16. The van der Waals surface area contributed by atoms with Crippen molar-refractivity contribution in [2.75, 3.05) is 11.9 Å². The van der Waals surface area contributed by atoms with Crippen molar-refractivity contribution >= 4 is 39.8 Å². The van der Waals surface area contributed by atoms with Crippen molar-refractivity contribution in [1.82, 2.24) is 4.98 Å². The van der Waals surface area contributed by atoms with Crippen molar-refractivity contribution in [3.63, 3.8) is 0 Å². The predicted octanol–water partition coefficient (Wildman–Crippen LogP) is 5.24. The largest absolute Gasteiger partial charge is 0.385 e. The van der Waals surface area contributed by atoms with Crippen LogP contribution in [0, 0.1) is 5.82 Å². The third kappa shape index (κ3) is 2.63. The molecule has 0 aliphatic carbocycles. The average molecular weight is 301 g/mol. The highest BCUT2D eigenvalue weighted by Crippen LogP contribution is 2.36. The molecule has 0 saturated heterocycles. The van der Waals surface area contributed by atoms with E-state index in [0.717, 1.165) is 17.9 Å². The molecule has 2 rings (SSSR count). The number of anilines is 1. The van der Waals surface area contributed by atoms with E-state index in [2.05, 4.69) is 24.1 Å². The molecule has 2 aromatic rings. The molecule has 0 aliphatic rings. The van der Waals surface area contributed by atoms with Gasteiger partial charge in [-0.3, -0.25) is 4.98 Å². The summed E-state index contributed by atoms with van der Waals surface area (Å²) in [6.07, 6.45) is 0. The zero-order valence-corrected chi connectivity index (χ0v) is 12.5. The SMILES string of the molecule is CCNc1cc(C(C)C)nc2cc(Cl)c(F)c(Cl)c12. The highest BCUT2D eigenvalue weighted by atomic mass is 35.5. The Balaban J connectivity index is 2.83. The summed E-state index contributed by atoms with van der Waals surface area (Å²) in [6.45, 7) is 6.80. The number of halogens is 3. The third-order valence-electron chi connectivity index (χ3n) is 2.91. The maximum Gasteiger partial charge on any atom is 0.161 e. The molecule has 0 atom stereocenters. The summed E-state index contributed by atoms with van der Waals surface area (Å²) < 4.78 is 13.8. The summed E-state index contributed by atoms with van der Waals surface area (Å²) in [6, 6.07) is 3.43. The van der Waals surface area contributed by atoms with E-state index < -0.39 is 5.82 Å². The Hall–Kier alpha value is -1.06. The summed E-state index contributed by atoms with van der Waals surface area (Å²) in [4.78, 5) is 4.50. The lowest BCUT2D eigenvalue weighted by atomic mass is 10.1. The van der Waals surface area contributed by atoms with E-state index >= 15 is 0 Å². The maximum atomic E-state index is 13.8. The van der Waals surface area contributed by atoms with E-state index in [4.69, 9.17) is 23.2 Å². The molecule has 19 heavy (non-hydrogen) atoms. The van der Waals surface area contributed by atoms with Gasteiger partial charge in [0.1, 0.15) is 0 Å². The van der Waals surface area contributed by atoms with Gasteiger partial charge in [0, 0.05) is 23.3 Å². The quantitative estimate of drug-likeness (QED) is 0.785. The van der Waals surface area contributed by atoms with Crippen LogP contribution >= 0.6 is 23.2 Å². The number of nitrogens with zero attached hydrogens (tertiary/aromatic N) is 1. The van der Waals surface area contributed by atoms with Crippen molar-refractivity contribution in [3.05, 3.63) is 33.7 Å². The van der Waals surface area contributed by atoms with E-state index in [1.54, 1.807) is 0 Å². The lowest BCUT2D eigenvalue weighted by Gasteiger charge is -2.14. The van der Waals surface area contributed by atoms with Crippen molar-refractivity contribution in [2.45, 2.75) is 26.7 Å². The molecule has 0 unspecified atom stereocenters. The van der Waals surface area contributed by atoms with Crippen LogP contribution in [0.3, 0.4) is 0 Å². The first-order valence-corrected chi connectivity index (χ1v) is 6.93. The zero-order chi connectivity index (χ0) is 14.2. The number of hydrogen-bond donors (Lipinski definition) is 1. The van der Waals surface area contributed by atoms with Gasteiger partial charge in [-0.25, -0.2) is 4.39 Å². The van der Waals surface area contributed by atoms with Crippen LogP contribution in [-0.4, -0.2) is 11.5 Å². The van der Waals surface area contributed by atoms with Crippen LogP contribution < -0.4 is 5.32 Å². The fraction of sp³-hybridized carbons (Fsp3) is 0.357. The topological polar surface area (TPSA) is 24.9 Å². The van der Waals surface area contributed by atoms with Gasteiger partial charge in [-0.05, 0) is 25.0 Å². The van der Waals surface area contributed by atoms with Crippen molar-refractivity contribution in [1.29, 1.82) is 0 Å². The minimum absolute atomic E-state index is 0.00615. The van der Waals surface area contributed by atoms with Gasteiger partial charge in [-0.15, -0.1) is 0 Å². The number of fused-ring (bicyclic) bond motifs is 1. The van der Waals surface area contributed by atoms with Crippen LogP contribution in [0.1, 0.15) is 32.4 Å². The smallest absolute Gasteiger partial charge is 0.161 e. The highest BCUT2D eigenvalue weighted by molar-refractivity contribution is 6.39. The first kappa shape index (κ1) is 14.4. The van der Waals surface area contributed by atoms with Crippen LogP contribution in [0.4, 0.5) is 10.1 Å². The Morgan fingerprint density at radius 2 is 2.00 bits per heavy atom. The molecule has 0 bridgehead atoms. The van der Waals surface area contributed by atoms with Gasteiger partial charge in [0.15, 0.2) is 5.82 Å². The van der Waals surface area contributed by atoms with Gasteiger partial charge in [0.05, 0.1) is 15.6 Å². The molecule has 1 aromatic carbocycles. The Bertz CT molecular complexity index is 627. The first-order valence-electron chi connectivity index (χ1n) is 6.17. The second kappa shape index (κ2) is 5.51. The van der Waals surface area contributed by atoms with E-state index in [1.165, 1.54) is 6.07 Å². The molecule has 0 saturated carbocycles. The number of benzene rings is 1. The second-order valence-corrected chi connectivity index (χ2v) is 5.45. The van der Waals surface area contributed by atoms with Crippen LogP contribution in [-0.2, 0) is 0 Å². The molecule has 5 heteroatoms. The maximum absolute atomic E-state index is 13.8. The average Bonchev–Trinajstić information content (AvgIpc) is 2.35. The number of nitrogens with one attached hydrogen (secondary N) is 1. The van der Waals surface area contributed by atoms with Gasteiger partial charge in [-0.2, -0.15) is 0 Å². The Morgan fingerprint density at radius 3 is 2.58 bits per heavy atom. The van der Waals surface area contributed by atoms with Crippen LogP contribution in [0.25, 0.3) is 10.9 Å². The summed E-state index contributed by atoms with van der Waals surface area (Å²) in [5.41, 5.74) is 2.32. The van der Waals surface area contributed by atoms with E-state index in [1.807, 2.05) is 13.0 Å². The number of rotatable bonds is 3. The normalized spacial score (nSPS) is 11.3. The molecule has 0 spiro atoms. The lowest BCUT2D eigenvalue weighted by Crippen LogP contribution is -2.02. The molecule has 0 fully saturated rings. The third-order valence-corrected chi connectivity index (χ3v) is 3.54. The van der Waals surface area contributed by atoms with E-state index in [9.17, 15) is 4.39 Å². The first-order chi connectivity index (χ1) is 8.95. The zero-order valence-electron chi connectivity index (χ0n) is 11.0. The molecule has 1 N–H and O–H groups in total. The summed E-state index contributed by atoms with van der Waals surface area (Å²) in [5, 5.41) is 3.79. The summed E-state index contributed by atoms with van der Waals surface area (Å²) in [5.74, 6) is -0.335. The van der Waals surface area contributed by atoms with Crippen molar-refractivity contribution in [2.24, 2.45) is 0 Å². The molecule has 1 heterocycles. The minimum Gasteiger partial charge on any atom is -0.385 e. The van der Waals surface area contributed by atoms with Gasteiger partial charge in [0.2, 0.25) is 0 Å². The lowest BCUT2D eigenvalue weighted by molar-refractivity contribution is 0.630. The van der Waals surface area contributed by atoms with E-state index in [-0.39, 0.29) is 16.0 Å². The van der Waals surface area contributed by atoms with Crippen molar-refractivity contribution in [3.8, 4) is 0 Å². The molecule has 0 amide bonds. The number of aromatic nitrogens is 1. The van der Waals surface area contributed by atoms with Gasteiger partial charge >= 0.3 is 0 Å². The molecule has 1 aromatic heterocycles. The van der Waals surface area contributed by atoms with Gasteiger partial charge < -0.3 is 5.32 Å². The van der Waals surface area contributed by atoms with Crippen molar-refractivity contribution < 1.29 is 4.39 Å². The monoisotopic (exact) mass is 300 g/mol. The minimum atomic E-state index is -0.603. The standard InChI is InChI=1S/C14H15Cl2FN2/c1-4-18-10-6-9(7(2)3)19-11-5-8(15)14(17)13(16)12(10)11/h5-7H,4H2,1-3H3,(H,18,19). The molecule has 102 valence electrons. The predicted molar refractivity (Wildman–Crippen MR) is 80.0 cm³/mol. The Labute approximate surface area is 121 Å². The molecular formula is C14H15Cl2FN2.